The summed E-state index contributed by atoms with van der Waals surface area (Å²) in [6.45, 7) is 11.2. The molecule has 14 heavy (non-hydrogen) atoms. The maximum atomic E-state index is 5.34. The van der Waals surface area contributed by atoms with Crippen LogP contribution >= 0.6 is 0 Å². The molecule has 0 aromatic heterocycles. The van der Waals surface area contributed by atoms with Crippen molar-refractivity contribution in [1.29, 1.82) is 0 Å². The van der Waals surface area contributed by atoms with Gasteiger partial charge >= 0.3 is 0 Å². The van der Waals surface area contributed by atoms with Crippen molar-refractivity contribution in [1.82, 2.24) is 10.2 Å². The number of ether oxygens (including phenoxy) is 1. The minimum absolute atomic E-state index is 0.635. The summed E-state index contributed by atoms with van der Waals surface area (Å²) in [5, 5.41) is 3.39. The summed E-state index contributed by atoms with van der Waals surface area (Å²) in [4.78, 5) is 2.37. The number of nitrogens with zero attached hydrogens (tertiary/aromatic N) is 1. The Morgan fingerprint density at radius 3 is 2.50 bits per heavy atom. The lowest BCUT2D eigenvalue weighted by atomic mass is 10.2. The smallest absolute Gasteiger partial charge is 0.0593 e. The standard InChI is InChI=1S/C11H26N2O/c1-5-11(10-12-6-2)13(4)8-9-14-7-3/h11-12H,5-10H2,1-4H3. The molecule has 1 unspecified atom stereocenters. The molecule has 0 amide bonds. The van der Waals surface area contributed by atoms with Gasteiger partial charge in [0.05, 0.1) is 6.61 Å². The fourth-order valence-corrected chi connectivity index (χ4v) is 1.46. The molecular weight excluding hydrogens is 176 g/mol. The minimum Gasteiger partial charge on any atom is -0.380 e. The minimum atomic E-state index is 0.635. The molecule has 0 radical (unpaired) electrons. The highest BCUT2D eigenvalue weighted by Crippen LogP contribution is 1.99. The van der Waals surface area contributed by atoms with Gasteiger partial charge in [-0.3, -0.25) is 4.90 Å². The molecule has 0 aromatic rings. The van der Waals surface area contributed by atoms with Gasteiger partial charge in [-0.15, -0.1) is 0 Å². The summed E-state index contributed by atoms with van der Waals surface area (Å²) in [6, 6.07) is 0.635. The van der Waals surface area contributed by atoms with E-state index in [1.165, 1.54) is 6.42 Å². The molecule has 0 saturated carbocycles. The number of likely N-dealkylation sites (N-methyl/N-ethyl adjacent to an activating group) is 2. The van der Waals surface area contributed by atoms with Gasteiger partial charge in [-0.25, -0.2) is 0 Å². The Kier molecular flexibility index (Phi) is 9.35. The van der Waals surface area contributed by atoms with Gasteiger partial charge in [0.1, 0.15) is 0 Å². The average molecular weight is 202 g/mol. The lowest BCUT2D eigenvalue weighted by Gasteiger charge is -2.27. The predicted molar refractivity (Wildman–Crippen MR) is 61.7 cm³/mol. The van der Waals surface area contributed by atoms with Crippen LogP contribution in [0.3, 0.4) is 0 Å². The van der Waals surface area contributed by atoms with E-state index in [-0.39, 0.29) is 0 Å². The van der Waals surface area contributed by atoms with Gasteiger partial charge in [0, 0.05) is 25.7 Å². The summed E-state index contributed by atoms with van der Waals surface area (Å²) in [7, 11) is 2.17. The summed E-state index contributed by atoms with van der Waals surface area (Å²) in [6.07, 6.45) is 1.19. The monoisotopic (exact) mass is 202 g/mol. The van der Waals surface area contributed by atoms with Gasteiger partial charge in [-0.05, 0) is 26.9 Å². The van der Waals surface area contributed by atoms with Crippen molar-refractivity contribution in [3.05, 3.63) is 0 Å². The van der Waals surface area contributed by atoms with E-state index in [1.54, 1.807) is 0 Å². The van der Waals surface area contributed by atoms with Gasteiger partial charge in [0.15, 0.2) is 0 Å². The molecule has 86 valence electrons. The molecule has 0 aromatic carbocycles. The van der Waals surface area contributed by atoms with Crippen molar-refractivity contribution >= 4 is 0 Å². The second kappa shape index (κ2) is 9.44. The fourth-order valence-electron chi connectivity index (χ4n) is 1.46. The van der Waals surface area contributed by atoms with E-state index >= 15 is 0 Å². The number of nitrogens with one attached hydrogen (secondary N) is 1. The Balaban J connectivity index is 3.61. The molecule has 1 N–H and O–H groups in total. The van der Waals surface area contributed by atoms with Crippen LogP contribution in [-0.2, 0) is 4.74 Å². The van der Waals surface area contributed by atoms with Gasteiger partial charge in [0.2, 0.25) is 0 Å². The zero-order valence-electron chi connectivity index (χ0n) is 10.2. The van der Waals surface area contributed by atoms with Crippen molar-refractivity contribution in [3.8, 4) is 0 Å². The molecular formula is C11H26N2O. The molecule has 0 aliphatic heterocycles. The van der Waals surface area contributed by atoms with Crippen LogP contribution in [0.1, 0.15) is 27.2 Å². The second-order valence-corrected chi connectivity index (χ2v) is 3.55. The molecule has 0 saturated heterocycles. The van der Waals surface area contributed by atoms with E-state index in [4.69, 9.17) is 4.74 Å². The van der Waals surface area contributed by atoms with Crippen LogP contribution in [0.25, 0.3) is 0 Å². The zero-order chi connectivity index (χ0) is 10.8. The molecule has 0 aliphatic carbocycles. The van der Waals surface area contributed by atoms with E-state index in [0.717, 1.165) is 32.8 Å². The summed E-state index contributed by atoms with van der Waals surface area (Å²) in [5.74, 6) is 0. The van der Waals surface area contributed by atoms with Crippen LogP contribution < -0.4 is 5.32 Å². The molecule has 0 heterocycles. The third kappa shape index (κ3) is 6.35. The highest BCUT2D eigenvalue weighted by Gasteiger charge is 2.10. The van der Waals surface area contributed by atoms with Crippen LogP contribution in [0.15, 0.2) is 0 Å². The first kappa shape index (κ1) is 13.9. The van der Waals surface area contributed by atoms with Crippen molar-refractivity contribution in [2.75, 3.05) is 39.9 Å². The molecule has 3 heteroatoms. The van der Waals surface area contributed by atoms with Crippen LogP contribution in [0.2, 0.25) is 0 Å². The first-order chi connectivity index (χ1) is 6.76. The SMILES string of the molecule is CCNCC(CC)N(C)CCOCC. The van der Waals surface area contributed by atoms with Crippen LogP contribution in [0.4, 0.5) is 0 Å². The largest absolute Gasteiger partial charge is 0.380 e. The topological polar surface area (TPSA) is 24.5 Å². The Hall–Kier alpha value is -0.120. The first-order valence-corrected chi connectivity index (χ1v) is 5.74. The Morgan fingerprint density at radius 1 is 1.29 bits per heavy atom. The highest BCUT2D eigenvalue weighted by atomic mass is 16.5. The zero-order valence-corrected chi connectivity index (χ0v) is 10.2. The number of hydrogen-bond donors (Lipinski definition) is 1. The molecule has 0 spiro atoms. The van der Waals surface area contributed by atoms with Crippen LogP contribution in [-0.4, -0.2) is 50.8 Å². The molecule has 1 atom stereocenters. The predicted octanol–water partition coefficient (Wildman–Crippen LogP) is 1.34. The third-order valence-electron chi connectivity index (χ3n) is 2.52. The number of rotatable bonds is 9. The average Bonchev–Trinajstić information content (AvgIpc) is 2.19. The van der Waals surface area contributed by atoms with Crippen molar-refractivity contribution in [2.45, 2.75) is 33.2 Å². The Morgan fingerprint density at radius 2 is 2.00 bits per heavy atom. The normalized spacial score (nSPS) is 13.5. The lowest BCUT2D eigenvalue weighted by Crippen LogP contribution is -2.41. The van der Waals surface area contributed by atoms with Gasteiger partial charge in [0.25, 0.3) is 0 Å². The van der Waals surface area contributed by atoms with E-state index in [2.05, 4.69) is 31.1 Å². The molecule has 3 nitrogen and oxygen atoms in total. The molecule has 0 bridgehead atoms. The van der Waals surface area contributed by atoms with Crippen LogP contribution in [0.5, 0.6) is 0 Å². The van der Waals surface area contributed by atoms with Gasteiger partial charge in [-0.1, -0.05) is 13.8 Å². The van der Waals surface area contributed by atoms with E-state index in [1.807, 2.05) is 6.92 Å². The van der Waals surface area contributed by atoms with Gasteiger partial charge in [-0.2, -0.15) is 0 Å². The number of hydrogen-bond acceptors (Lipinski definition) is 3. The fraction of sp³-hybridized carbons (Fsp3) is 1.00. The van der Waals surface area contributed by atoms with Crippen LogP contribution in [0, 0.1) is 0 Å². The quantitative estimate of drug-likeness (QED) is 0.571. The summed E-state index contributed by atoms with van der Waals surface area (Å²) >= 11 is 0. The first-order valence-electron chi connectivity index (χ1n) is 5.74. The summed E-state index contributed by atoms with van der Waals surface area (Å²) in [5.41, 5.74) is 0. The van der Waals surface area contributed by atoms with E-state index < -0.39 is 0 Å². The summed E-state index contributed by atoms with van der Waals surface area (Å²) < 4.78 is 5.34. The molecule has 0 aliphatic rings. The molecule has 0 rings (SSSR count). The van der Waals surface area contributed by atoms with Crippen molar-refractivity contribution in [3.63, 3.8) is 0 Å². The van der Waals surface area contributed by atoms with Gasteiger partial charge < -0.3 is 10.1 Å². The van der Waals surface area contributed by atoms with E-state index in [0.29, 0.717) is 6.04 Å². The maximum absolute atomic E-state index is 5.34. The Labute approximate surface area is 88.8 Å². The van der Waals surface area contributed by atoms with Crippen molar-refractivity contribution in [2.24, 2.45) is 0 Å². The van der Waals surface area contributed by atoms with Crippen molar-refractivity contribution < 1.29 is 4.74 Å². The lowest BCUT2D eigenvalue weighted by molar-refractivity contribution is 0.106. The van der Waals surface area contributed by atoms with E-state index in [9.17, 15) is 0 Å². The Bertz CT molecular complexity index is 120. The molecule has 0 fully saturated rings. The highest BCUT2D eigenvalue weighted by molar-refractivity contribution is 4.69. The second-order valence-electron chi connectivity index (χ2n) is 3.55. The third-order valence-corrected chi connectivity index (χ3v) is 2.52. The maximum Gasteiger partial charge on any atom is 0.0593 e.